The number of aromatic amines is 1. The largest absolute Gasteiger partial charge is 0.490 e. The van der Waals surface area contributed by atoms with E-state index in [0.29, 0.717) is 12.7 Å². The van der Waals surface area contributed by atoms with E-state index in [0.717, 1.165) is 31.2 Å². The first-order valence-electron chi connectivity index (χ1n) is 6.64. The van der Waals surface area contributed by atoms with Gasteiger partial charge in [-0.1, -0.05) is 13.0 Å². The molecule has 20 heavy (non-hydrogen) atoms. The lowest BCUT2D eigenvalue weighted by Gasteiger charge is -2.04. The molecule has 0 amide bonds. The van der Waals surface area contributed by atoms with Crippen LogP contribution in [0.3, 0.4) is 0 Å². The van der Waals surface area contributed by atoms with Gasteiger partial charge in [-0.3, -0.25) is 4.79 Å². The van der Waals surface area contributed by atoms with E-state index in [9.17, 15) is 0 Å². The van der Waals surface area contributed by atoms with E-state index in [4.69, 9.17) is 19.4 Å². The minimum absolute atomic E-state index is 0.305. The van der Waals surface area contributed by atoms with E-state index in [1.165, 1.54) is 11.1 Å². The second-order valence-corrected chi connectivity index (χ2v) is 4.65. The number of carboxylic acid groups (broad SMARTS) is 1. The Balaban J connectivity index is 0.000000328. The first-order chi connectivity index (χ1) is 9.60. The minimum atomic E-state index is -0.833. The third-order valence-electron chi connectivity index (χ3n) is 2.89. The van der Waals surface area contributed by atoms with E-state index < -0.39 is 5.97 Å². The molecule has 2 aromatic rings. The fourth-order valence-electron chi connectivity index (χ4n) is 1.85. The van der Waals surface area contributed by atoms with Gasteiger partial charge in [0.2, 0.25) is 0 Å². The average Bonchev–Trinajstić information content (AvgIpc) is 3.12. The molecule has 1 aromatic heterocycles. The molecule has 1 atom stereocenters. The minimum Gasteiger partial charge on any atom is -0.490 e. The fraction of sp³-hybridized carbons (Fsp3) is 0.400. The van der Waals surface area contributed by atoms with Crippen LogP contribution in [0, 0.1) is 0 Å². The quantitative estimate of drug-likeness (QED) is 0.842. The summed E-state index contributed by atoms with van der Waals surface area (Å²) >= 11 is 0. The Bertz CT molecular complexity index is 583. The number of aliphatic carboxylic acids is 1. The van der Waals surface area contributed by atoms with E-state index in [1.54, 1.807) is 0 Å². The molecule has 2 heterocycles. The van der Waals surface area contributed by atoms with Crippen molar-refractivity contribution >= 4 is 16.9 Å². The maximum atomic E-state index is 9.00. The number of epoxide rings is 1. The molecule has 5 nitrogen and oxygen atoms in total. The van der Waals surface area contributed by atoms with Crippen molar-refractivity contribution in [2.45, 2.75) is 26.4 Å². The highest BCUT2D eigenvalue weighted by Crippen LogP contribution is 2.27. The zero-order valence-electron chi connectivity index (χ0n) is 11.7. The molecular weight excluding hydrogens is 258 g/mol. The second-order valence-electron chi connectivity index (χ2n) is 4.65. The van der Waals surface area contributed by atoms with Gasteiger partial charge in [-0.15, -0.1) is 0 Å². The van der Waals surface area contributed by atoms with Crippen LogP contribution in [0.2, 0.25) is 0 Å². The number of carboxylic acids is 1. The smallest absolute Gasteiger partial charge is 0.300 e. The van der Waals surface area contributed by atoms with Crippen LogP contribution in [-0.2, 0) is 16.0 Å². The van der Waals surface area contributed by atoms with Crippen molar-refractivity contribution in [3.63, 3.8) is 0 Å². The van der Waals surface area contributed by atoms with E-state index in [2.05, 4.69) is 24.0 Å². The normalized spacial score (nSPS) is 16.4. The highest BCUT2D eigenvalue weighted by atomic mass is 16.6. The van der Waals surface area contributed by atoms with E-state index in [-0.39, 0.29) is 0 Å². The highest BCUT2D eigenvalue weighted by Gasteiger charge is 2.23. The number of ether oxygens (including phenoxy) is 2. The monoisotopic (exact) mass is 277 g/mol. The summed E-state index contributed by atoms with van der Waals surface area (Å²) in [6, 6.07) is 8.27. The fourth-order valence-corrected chi connectivity index (χ4v) is 1.85. The number of fused-ring (bicyclic) bond motifs is 1. The zero-order chi connectivity index (χ0) is 14.5. The van der Waals surface area contributed by atoms with Crippen LogP contribution in [-0.4, -0.2) is 35.4 Å². The van der Waals surface area contributed by atoms with Crippen molar-refractivity contribution in [2.24, 2.45) is 0 Å². The van der Waals surface area contributed by atoms with Crippen LogP contribution < -0.4 is 4.74 Å². The van der Waals surface area contributed by atoms with Crippen molar-refractivity contribution < 1.29 is 19.4 Å². The number of rotatable bonds is 4. The first kappa shape index (κ1) is 14.4. The van der Waals surface area contributed by atoms with Crippen molar-refractivity contribution in [1.29, 1.82) is 0 Å². The molecule has 5 heteroatoms. The van der Waals surface area contributed by atoms with Gasteiger partial charge in [0.05, 0.1) is 6.61 Å². The van der Waals surface area contributed by atoms with Gasteiger partial charge in [-0.25, -0.2) is 0 Å². The summed E-state index contributed by atoms with van der Waals surface area (Å²) in [4.78, 5) is 12.4. The SMILES string of the molecule is CC(=O)O.CCc1cc2c(OCC3CO3)cccc2[nH]1. The predicted molar refractivity (Wildman–Crippen MR) is 76.2 cm³/mol. The van der Waals surface area contributed by atoms with Gasteiger partial charge in [0.15, 0.2) is 0 Å². The number of nitrogens with one attached hydrogen (secondary N) is 1. The van der Waals surface area contributed by atoms with Crippen LogP contribution in [0.1, 0.15) is 19.5 Å². The maximum Gasteiger partial charge on any atom is 0.300 e. The van der Waals surface area contributed by atoms with Crippen LogP contribution in [0.25, 0.3) is 10.9 Å². The number of hydrogen-bond acceptors (Lipinski definition) is 3. The lowest BCUT2D eigenvalue weighted by Crippen LogP contribution is -2.03. The summed E-state index contributed by atoms with van der Waals surface area (Å²) in [5.41, 5.74) is 2.39. The molecule has 0 radical (unpaired) electrons. The molecule has 1 unspecified atom stereocenters. The Morgan fingerprint density at radius 1 is 1.55 bits per heavy atom. The summed E-state index contributed by atoms with van der Waals surface area (Å²) in [7, 11) is 0. The molecule has 1 aliphatic rings. The first-order valence-corrected chi connectivity index (χ1v) is 6.64. The summed E-state index contributed by atoms with van der Waals surface area (Å²) < 4.78 is 10.9. The molecule has 0 spiro atoms. The van der Waals surface area contributed by atoms with Gasteiger partial charge < -0.3 is 19.6 Å². The number of H-pyrrole nitrogens is 1. The Morgan fingerprint density at radius 2 is 2.25 bits per heavy atom. The Hall–Kier alpha value is -2.01. The van der Waals surface area contributed by atoms with Crippen LogP contribution in [0.4, 0.5) is 0 Å². The van der Waals surface area contributed by atoms with E-state index >= 15 is 0 Å². The Labute approximate surface area is 117 Å². The number of carbonyl (C=O) groups is 1. The number of aryl methyl sites for hydroxylation is 1. The van der Waals surface area contributed by atoms with E-state index in [1.807, 2.05) is 12.1 Å². The lowest BCUT2D eigenvalue weighted by atomic mass is 10.2. The molecule has 0 bridgehead atoms. The number of hydrogen-bond donors (Lipinski definition) is 2. The topological polar surface area (TPSA) is 74.8 Å². The van der Waals surface area contributed by atoms with Gasteiger partial charge in [-0.2, -0.15) is 0 Å². The van der Waals surface area contributed by atoms with Crippen LogP contribution in [0.5, 0.6) is 5.75 Å². The lowest BCUT2D eigenvalue weighted by molar-refractivity contribution is -0.134. The van der Waals surface area contributed by atoms with Gasteiger partial charge in [0, 0.05) is 23.5 Å². The molecule has 1 fully saturated rings. The molecule has 1 aliphatic heterocycles. The van der Waals surface area contributed by atoms with Gasteiger partial charge in [0.1, 0.15) is 18.5 Å². The third kappa shape index (κ3) is 3.99. The third-order valence-corrected chi connectivity index (χ3v) is 2.89. The zero-order valence-corrected chi connectivity index (χ0v) is 11.7. The van der Waals surface area contributed by atoms with Gasteiger partial charge in [-0.05, 0) is 24.6 Å². The molecule has 0 aliphatic carbocycles. The van der Waals surface area contributed by atoms with Crippen molar-refractivity contribution in [3.8, 4) is 5.75 Å². The van der Waals surface area contributed by atoms with Crippen molar-refractivity contribution in [1.82, 2.24) is 4.98 Å². The molecule has 108 valence electrons. The second kappa shape index (κ2) is 6.43. The standard InChI is InChI=1S/C13H15NO2.C2H4O2/c1-2-9-6-11-12(14-9)4-3-5-13(11)16-8-10-7-15-10;1-2(3)4/h3-6,10,14H,2,7-8H2,1H3;1H3,(H,3,4). The highest BCUT2D eigenvalue weighted by molar-refractivity contribution is 5.86. The Morgan fingerprint density at radius 3 is 2.85 bits per heavy atom. The number of aromatic nitrogens is 1. The summed E-state index contributed by atoms with van der Waals surface area (Å²) in [6.07, 6.45) is 1.32. The molecule has 2 N–H and O–H groups in total. The summed E-state index contributed by atoms with van der Waals surface area (Å²) in [6.45, 7) is 4.72. The predicted octanol–water partition coefficient (Wildman–Crippen LogP) is 2.60. The Kier molecular flexibility index (Phi) is 4.63. The van der Waals surface area contributed by atoms with Crippen molar-refractivity contribution in [2.75, 3.05) is 13.2 Å². The average molecular weight is 277 g/mol. The van der Waals surface area contributed by atoms with Crippen LogP contribution >= 0.6 is 0 Å². The molecular formula is C15H19NO4. The van der Waals surface area contributed by atoms with Crippen LogP contribution in [0.15, 0.2) is 24.3 Å². The molecule has 0 saturated carbocycles. The molecule has 3 rings (SSSR count). The van der Waals surface area contributed by atoms with Gasteiger partial charge in [0.25, 0.3) is 5.97 Å². The molecule has 1 saturated heterocycles. The maximum absolute atomic E-state index is 9.00. The molecule has 1 aromatic carbocycles. The number of benzene rings is 1. The summed E-state index contributed by atoms with van der Waals surface area (Å²) in [5.74, 6) is 0.115. The van der Waals surface area contributed by atoms with Gasteiger partial charge >= 0.3 is 0 Å². The van der Waals surface area contributed by atoms with Crippen molar-refractivity contribution in [3.05, 3.63) is 30.0 Å². The summed E-state index contributed by atoms with van der Waals surface area (Å²) in [5, 5.41) is 8.58.